The lowest BCUT2D eigenvalue weighted by molar-refractivity contribution is 0.590. The van der Waals surface area contributed by atoms with Crippen LogP contribution in [0.15, 0.2) is 49.3 Å². The number of rotatable bonds is 3. The zero-order valence-corrected chi connectivity index (χ0v) is 12.7. The molecule has 2 aromatic rings. The standard InChI is InChI=1S/C18H22N2/c1-13(19-5)15-10-16(12-20-11-15)14-6-8-17(9-7-14)18(2,3)4/h6-12,19H,1H2,2-5H3. The van der Waals surface area contributed by atoms with Crippen molar-refractivity contribution in [2.24, 2.45) is 0 Å². The van der Waals surface area contributed by atoms with Crippen molar-refractivity contribution < 1.29 is 0 Å². The summed E-state index contributed by atoms with van der Waals surface area (Å²) in [6, 6.07) is 10.8. The van der Waals surface area contributed by atoms with Crippen molar-refractivity contribution >= 4 is 5.70 Å². The highest BCUT2D eigenvalue weighted by atomic mass is 14.8. The summed E-state index contributed by atoms with van der Waals surface area (Å²) in [6.45, 7) is 10.6. The molecule has 0 bridgehead atoms. The van der Waals surface area contributed by atoms with Gasteiger partial charge in [0.2, 0.25) is 0 Å². The Bertz CT molecular complexity index is 604. The molecule has 20 heavy (non-hydrogen) atoms. The summed E-state index contributed by atoms with van der Waals surface area (Å²) >= 11 is 0. The molecule has 0 atom stereocenters. The van der Waals surface area contributed by atoms with Crippen LogP contribution in [0.1, 0.15) is 31.9 Å². The van der Waals surface area contributed by atoms with E-state index in [1.165, 1.54) is 11.1 Å². The Morgan fingerprint density at radius 3 is 2.25 bits per heavy atom. The number of hydrogen-bond acceptors (Lipinski definition) is 2. The molecule has 0 fully saturated rings. The lowest BCUT2D eigenvalue weighted by Gasteiger charge is -2.19. The first-order valence-electron chi connectivity index (χ1n) is 6.85. The zero-order chi connectivity index (χ0) is 14.8. The summed E-state index contributed by atoms with van der Waals surface area (Å²) in [5.74, 6) is 0. The first kappa shape index (κ1) is 14.3. The molecule has 0 aliphatic carbocycles. The highest BCUT2D eigenvalue weighted by molar-refractivity contribution is 5.69. The fourth-order valence-corrected chi connectivity index (χ4v) is 2.07. The average Bonchev–Trinajstić information content (AvgIpc) is 2.46. The minimum atomic E-state index is 0.180. The molecule has 0 amide bonds. The summed E-state index contributed by atoms with van der Waals surface area (Å²) in [7, 11) is 1.87. The topological polar surface area (TPSA) is 24.9 Å². The van der Waals surface area contributed by atoms with E-state index in [1.54, 1.807) is 0 Å². The van der Waals surface area contributed by atoms with Gasteiger partial charge < -0.3 is 5.32 Å². The van der Waals surface area contributed by atoms with E-state index >= 15 is 0 Å². The van der Waals surface area contributed by atoms with E-state index < -0.39 is 0 Å². The fraction of sp³-hybridized carbons (Fsp3) is 0.278. The van der Waals surface area contributed by atoms with Crippen LogP contribution in [0.25, 0.3) is 16.8 Å². The van der Waals surface area contributed by atoms with Crippen LogP contribution in [0.4, 0.5) is 0 Å². The normalized spacial score (nSPS) is 11.2. The summed E-state index contributed by atoms with van der Waals surface area (Å²) in [6.07, 6.45) is 3.71. The van der Waals surface area contributed by atoms with Crippen molar-refractivity contribution in [2.75, 3.05) is 7.05 Å². The molecule has 1 aromatic carbocycles. The molecule has 2 rings (SSSR count). The van der Waals surface area contributed by atoms with E-state index in [0.717, 1.165) is 16.8 Å². The van der Waals surface area contributed by atoms with Gasteiger partial charge in [-0.15, -0.1) is 0 Å². The van der Waals surface area contributed by atoms with E-state index in [-0.39, 0.29) is 5.41 Å². The minimum Gasteiger partial charge on any atom is -0.388 e. The molecule has 2 nitrogen and oxygen atoms in total. The van der Waals surface area contributed by atoms with Gasteiger partial charge in [0.25, 0.3) is 0 Å². The van der Waals surface area contributed by atoms with Gasteiger partial charge in [-0.3, -0.25) is 4.98 Å². The molecule has 0 saturated carbocycles. The lowest BCUT2D eigenvalue weighted by atomic mass is 9.86. The number of aromatic nitrogens is 1. The Kier molecular flexibility index (Phi) is 3.93. The van der Waals surface area contributed by atoms with Crippen LogP contribution < -0.4 is 5.32 Å². The molecule has 104 valence electrons. The van der Waals surface area contributed by atoms with Gasteiger partial charge in [0.1, 0.15) is 0 Å². The number of nitrogens with one attached hydrogen (secondary N) is 1. The Hall–Kier alpha value is -2.09. The largest absolute Gasteiger partial charge is 0.388 e. The van der Waals surface area contributed by atoms with E-state index in [1.807, 2.05) is 19.4 Å². The third-order valence-electron chi connectivity index (χ3n) is 3.47. The molecule has 0 saturated heterocycles. The Morgan fingerprint density at radius 1 is 1.05 bits per heavy atom. The molecular weight excluding hydrogens is 244 g/mol. The third kappa shape index (κ3) is 3.08. The highest BCUT2D eigenvalue weighted by Crippen LogP contribution is 2.26. The second kappa shape index (κ2) is 5.49. The highest BCUT2D eigenvalue weighted by Gasteiger charge is 2.13. The van der Waals surface area contributed by atoms with E-state index in [4.69, 9.17) is 0 Å². The van der Waals surface area contributed by atoms with Crippen molar-refractivity contribution in [3.63, 3.8) is 0 Å². The minimum absolute atomic E-state index is 0.180. The molecule has 1 aromatic heterocycles. The summed E-state index contributed by atoms with van der Waals surface area (Å²) in [4.78, 5) is 4.30. The van der Waals surface area contributed by atoms with Gasteiger partial charge in [-0.05, 0) is 22.6 Å². The molecule has 0 aliphatic rings. The van der Waals surface area contributed by atoms with Crippen LogP contribution in [0, 0.1) is 0 Å². The third-order valence-corrected chi connectivity index (χ3v) is 3.47. The molecule has 0 spiro atoms. The van der Waals surface area contributed by atoms with Gasteiger partial charge in [0.05, 0.1) is 0 Å². The monoisotopic (exact) mass is 266 g/mol. The van der Waals surface area contributed by atoms with Gasteiger partial charge in [-0.2, -0.15) is 0 Å². The van der Waals surface area contributed by atoms with Crippen LogP contribution in [0.3, 0.4) is 0 Å². The van der Waals surface area contributed by atoms with Crippen molar-refractivity contribution in [2.45, 2.75) is 26.2 Å². The zero-order valence-electron chi connectivity index (χ0n) is 12.7. The van der Waals surface area contributed by atoms with Gasteiger partial charge >= 0.3 is 0 Å². The first-order chi connectivity index (χ1) is 9.41. The van der Waals surface area contributed by atoms with Crippen molar-refractivity contribution in [3.8, 4) is 11.1 Å². The molecule has 1 heterocycles. The van der Waals surface area contributed by atoms with Crippen LogP contribution in [-0.4, -0.2) is 12.0 Å². The Labute approximate surface area is 121 Å². The maximum absolute atomic E-state index is 4.30. The summed E-state index contributed by atoms with van der Waals surface area (Å²) in [5, 5.41) is 3.05. The van der Waals surface area contributed by atoms with E-state index in [2.05, 4.69) is 68.0 Å². The molecule has 2 heteroatoms. The number of pyridine rings is 1. The lowest BCUT2D eigenvalue weighted by Crippen LogP contribution is -2.10. The summed E-state index contributed by atoms with van der Waals surface area (Å²) < 4.78 is 0. The van der Waals surface area contributed by atoms with Gasteiger partial charge in [-0.25, -0.2) is 0 Å². The van der Waals surface area contributed by atoms with Gasteiger partial charge in [-0.1, -0.05) is 51.6 Å². The van der Waals surface area contributed by atoms with Crippen LogP contribution in [0.5, 0.6) is 0 Å². The van der Waals surface area contributed by atoms with Crippen molar-refractivity contribution in [3.05, 3.63) is 60.4 Å². The predicted molar refractivity (Wildman–Crippen MR) is 86.5 cm³/mol. The predicted octanol–water partition coefficient (Wildman–Crippen LogP) is 4.24. The summed E-state index contributed by atoms with van der Waals surface area (Å²) in [5.41, 5.74) is 5.70. The van der Waals surface area contributed by atoms with Crippen LogP contribution in [0.2, 0.25) is 0 Å². The maximum atomic E-state index is 4.30. The number of hydrogen-bond donors (Lipinski definition) is 1. The smallest absolute Gasteiger partial charge is 0.0361 e. The second-order valence-electron chi connectivity index (χ2n) is 6.02. The SMILES string of the molecule is C=C(NC)c1cncc(-c2ccc(C(C)(C)C)cc2)c1. The first-order valence-corrected chi connectivity index (χ1v) is 6.85. The molecule has 0 radical (unpaired) electrons. The maximum Gasteiger partial charge on any atom is 0.0361 e. The second-order valence-corrected chi connectivity index (χ2v) is 6.02. The van der Waals surface area contributed by atoms with Crippen molar-refractivity contribution in [1.82, 2.24) is 10.3 Å². The van der Waals surface area contributed by atoms with E-state index in [9.17, 15) is 0 Å². The number of benzene rings is 1. The molecular formula is C18H22N2. The van der Waals surface area contributed by atoms with E-state index in [0.29, 0.717) is 0 Å². The van der Waals surface area contributed by atoms with Crippen LogP contribution in [-0.2, 0) is 5.41 Å². The van der Waals surface area contributed by atoms with Gasteiger partial charge in [0.15, 0.2) is 0 Å². The average molecular weight is 266 g/mol. The molecule has 1 N–H and O–H groups in total. The van der Waals surface area contributed by atoms with Crippen molar-refractivity contribution in [1.29, 1.82) is 0 Å². The fourth-order valence-electron chi connectivity index (χ4n) is 2.07. The molecule has 0 aliphatic heterocycles. The number of nitrogens with zero attached hydrogens (tertiary/aromatic N) is 1. The quantitative estimate of drug-likeness (QED) is 0.899. The van der Waals surface area contributed by atoms with Crippen LogP contribution >= 0.6 is 0 Å². The van der Waals surface area contributed by atoms with Gasteiger partial charge in [0, 0.05) is 36.3 Å². The Morgan fingerprint density at radius 2 is 1.70 bits per heavy atom. The molecule has 0 unspecified atom stereocenters. The Balaban J connectivity index is 2.35.